The zero-order chi connectivity index (χ0) is 15.8. The van der Waals surface area contributed by atoms with Crippen LogP contribution in [0.1, 0.15) is 20.3 Å². The normalized spacial score (nSPS) is 15.5. The maximum absolute atomic E-state index is 11.5. The molecule has 10 heteroatoms. The van der Waals surface area contributed by atoms with Crippen LogP contribution in [0.5, 0.6) is 0 Å². The van der Waals surface area contributed by atoms with Crippen molar-refractivity contribution in [2.24, 2.45) is 0 Å². The third kappa shape index (κ3) is 10.9. The number of carbonyl (C=O) groups excluding carboxylic acids is 2. The molecule has 0 rings (SSSR count). The van der Waals surface area contributed by atoms with Crippen molar-refractivity contribution >= 4 is 19.5 Å². The van der Waals surface area contributed by atoms with Gasteiger partial charge in [-0.1, -0.05) is 0 Å². The Morgan fingerprint density at radius 2 is 1.75 bits per heavy atom. The van der Waals surface area contributed by atoms with Gasteiger partial charge < -0.3 is 29.1 Å². The van der Waals surface area contributed by atoms with Crippen molar-refractivity contribution in [2.45, 2.75) is 32.7 Å². The first-order valence-corrected chi connectivity index (χ1v) is 7.51. The number of aliphatic hydroxyl groups is 2. The summed E-state index contributed by atoms with van der Waals surface area (Å²) < 4.78 is 25.6. The number of carbonyl (C=O) groups is 2. The quantitative estimate of drug-likeness (QED) is 0.288. The molecule has 0 saturated heterocycles. The monoisotopic (exact) mass is 314 g/mol. The van der Waals surface area contributed by atoms with Gasteiger partial charge in [0.25, 0.3) is 0 Å². The van der Waals surface area contributed by atoms with Crippen LogP contribution in [-0.4, -0.2) is 58.8 Å². The lowest BCUT2D eigenvalue weighted by Gasteiger charge is -2.19. The summed E-state index contributed by atoms with van der Waals surface area (Å²) in [6.45, 7) is 1.52. The van der Waals surface area contributed by atoms with Gasteiger partial charge in [-0.15, -0.1) is 0 Å². The Kier molecular flexibility index (Phi) is 8.59. The minimum Gasteiger partial charge on any atom is -0.462 e. The van der Waals surface area contributed by atoms with Gasteiger partial charge in [0, 0.05) is 20.3 Å². The molecule has 0 fully saturated rings. The molecule has 0 spiro atoms. The first-order chi connectivity index (χ1) is 9.12. The van der Waals surface area contributed by atoms with Crippen molar-refractivity contribution < 1.29 is 43.3 Å². The molecule has 0 aliphatic heterocycles. The van der Waals surface area contributed by atoms with E-state index in [0.29, 0.717) is 0 Å². The Hall–Kier alpha value is -0.990. The largest absolute Gasteiger partial charge is 0.462 e. The summed E-state index contributed by atoms with van der Waals surface area (Å²) in [6, 6.07) is 0. The van der Waals surface area contributed by atoms with Crippen LogP contribution in [0.15, 0.2) is 0 Å². The molecule has 0 radical (unpaired) electrons. The van der Waals surface area contributed by atoms with Gasteiger partial charge >= 0.3 is 19.5 Å². The maximum atomic E-state index is 11.5. The Morgan fingerprint density at radius 3 is 2.20 bits per heavy atom. The summed E-state index contributed by atoms with van der Waals surface area (Å²) in [5, 5.41) is 17.2. The van der Waals surface area contributed by atoms with E-state index in [1.807, 2.05) is 0 Å². The minimum absolute atomic E-state index is 0.308. The first-order valence-electron chi connectivity index (χ1n) is 5.75. The molecule has 0 saturated carbocycles. The van der Waals surface area contributed by atoms with Crippen LogP contribution < -0.4 is 0 Å². The highest BCUT2D eigenvalue weighted by molar-refractivity contribution is 7.52. The summed E-state index contributed by atoms with van der Waals surface area (Å²) in [6.07, 6.45) is -3.54. The molecule has 0 aromatic heterocycles. The molecule has 0 amide bonds. The number of esters is 2. The average molecular weight is 314 g/mol. The third-order valence-electron chi connectivity index (χ3n) is 1.94. The van der Waals surface area contributed by atoms with Gasteiger partial charge in [-0.2, -0.15) is 0 Å². The van der Waals surface area contributed by atoms with Gasteiger partial charge in [0.2, 0.25) is 0 Å². The van der Waals surface area contributed by atoms with Crippen LogP contribution in [0.2, 0.25) is 0 Å². The van der Waals surface area contributed by atoms with E-state index < -0.39 is 44.7 Å². The van der Waals surface area contributed by atoms with E-state index >= 15 is 0 Å². The SMILES string of the molecule is CC(=O)OCC(COP(=O)(O)CCC(O)O)OC(C)=O. The van der Waals surface area contributed by atoms with Crippen LogP contribution >= 0.6 is 7.60 Å². The number of aliphatic hydroxyl groups excluding tert-OH is 1. The van der Waals surface area contributed by atoms with Crippen LogP contribution in [0.4, 0.5) is 0 Å². The molecule has 2 unspecified atom stereocenters. The lowest BCUT2D eigenvalue weighted by atomic mass is 10.4. The zero-order valence-corrected chi connectivity index (χ0v) is 12.1. The van der Waals surface area contributed by atoms with Gasteiger partial charge in [-0.3, -0.25) is 14.2 Å². The van der Waals surface area contributed by atoms with Crippen molar-refractivity contribution in [1.82, 2.24) is 0 Å². The van der Waals surface area contributed by atoms with E-state index in [-0.39, 0.29) is 13.0 Å². The lowest BCUT2D eigenvalue weighted by Crippen LogP contribution is -2.28. The first kappa shape index (κ1) is 19.0. The van der Waals surface area contributed by atoms with E-state index in [1.165, 1.54) is 0 Å². The molecule has 0 aromatic rings. The number of rotatable bonds is 9. The minimum atomic E-state index is -4.04. The Bertz CT molecular complexity index is 368. The van der Waals surface area contributed by atoms with Gasteiger partial charge in [-0.05, 0) is 0 Å². The number of ether oxygens (including phenoxy) is 2. The topological polar surface area (TPSA) is 140 Å². The molecule has 0 heterocycles. The predicted molar refractivity (Wildman–Crippen MR) is 65.7 cm³/mol. The Labute approximate surface area is 116 Å². The van der Waals surface area contributed by atoms with E-state index in [2.05, 4.69) is 4.74 Å². The lowest BCUT2D eigenvalue weighted by molar-refractivity contribution is -0.158. The van der Waals surface area contributed by atoms with Crippen molar-refractivity contribution in [3.05, 3.63) is 0 Å². The molecule has 9 nitrogen and oxygen atoms in total. The van der Waals surface area contributed by atoms with E-state index in [1.54, 1.807) is 0 Å². The second-order valence-corrected chi connectivity index (χ2v) is 5.94. The summed E-state index contributed by atoms with van der Waals surface area (Å²) in [5.74, 6) is -1.26. The second kappa shape index (κ2) is 9.04. The number of hydrogen-bond donors (Lipinski definition) is 3. The molecule has 0 bridgehead atoms. The maximum Gasteiger partial charge on any atom is 0.328 e. The Balaban J connectivity index is 4.31. The number of hydrogen-bond acceptors (Lipinski definition) is 8. The second-order valence-electron chi connectivity index (χ2n) is 3.96. The van der Waals surface area contributed by atoms with Gasteiger partial charge in [0.05, 0.1) is 12.8 Å². The molecule has 20 heavy (non-hydrogen) atoms. The van der Waals surface area contributed by atoms with Crippen LogP contribution in [0, 0.1) is 0 Å². The van der Waals surface area contributed by atoms with Gasteiger partial charge in [0.15, 0.2) is 12.4 Å². The van der Waals surface area contributed by atoms with Crippen LogP contribution in [-0.2, 0) is 28.2 Å². The van der Waals surface area contributed by atoms with E-state index in [4.69, 9.17) is 19.5 Å². The standard InChI is InChI=1S/C10H19O9P/c1-7(11)17-5-9(19-8(2)12)6-18-20(15,16)4-3-10(13)14/h9-10,13-14H,3-6H2,1-2H3,(H,15,16). The summed E-state index contributed by atoms with van der Waals surface area (Å²) >= 11 is 0. The smallest absolute Gasteiger partial charge is 0.328 e. The fraction of sp³-hybridized carbons (Fsp3) is 0.800. The van der Waals surface area contributed by atoms with Crippen molar-refractivity contribution in [2.75, 3.05) is 19.4 Å². The average Bonchev–Trinajstić information content (AvgIpc) is 2.30. The van der Waals surface area contributed by atoms with Crippen LogP contribution in [0.25, 0.3) is 0 Å². The fourth-order valence-electron chi connectivity index (χ4n) is 1.10. The molecule has 0 aliphatic rings. The zero-order valence-electron chi connectivity index (χ0n) is 11.2. The molecule has 118 valence electrons. The third-order valence-corrected chi connectivity index (χ3v) is 3.31. The molecule has 3 N–H and O–H groups in total. The molecule has 0 aromatic carbocycles. The van der Waals surface area contributed by atoms with E-state index in [0.717, 1.165) is 13.8 Å². The van der Waals surface area contributed by atoms with Crippen molar-refractivity contribution in [3.8, 4) is 0 Å². The van der Waals surface area contributed by atoms with Gasteiger partial charge in [-0.25, -0.2) is 0 Å². The summed E-state index contributed by atoms with van der Waals surface area (Å²) in [5.41, 5.74) is 0. The molecular formula is C10H19O9P. The highest BCUT2D eigenvalue weighted by Crippen LogP contribution is 2.42. The van der Waals surface area contributed by atoms with Gasteiger partial charge in [0.1, 0.15) is 6.61 Å². The van der Waals surface area contributed by atoms with Crippen molar-refractivity contribution in [3.63, 3.8) is 0 Å². The highest BCUT2D eigenvalue weighted by Gasteiger charge is 2.24. The van der Waals surface area contributed by atoms with Crippen molar-refractivity contribution in [1.29, 1.82) is 0 Å². The summed E-state index contributed by atoms with van der Waals surface area (Å²) in [7, 11) is -4.04. The molecule has 2 atom stereocenters. The Morgan fingerprint density at radius 1 is 1.15 bits per heavy atom. The van der Waals surface area contributed by atoms with E-state index in [9.17, 15) is 19.0 Å². The molecular weight excluding hydrogens is 295 g/mol. The van der Waals surface area contributed by atoms with Crippen LogP contribution in [0.3, 0.4) is 0 Å². The summed E-state index contributed by atoms with van der Waals surface area (Å²) in [4.78, 5) is 30.9. The molecule has 0 aliphatic carbocycles. The fourth-order valence-corrected chi connectivity index (χ4v) is 2.19. The highest BCUT2D eigenvalue weighted by atomic mass is 31.2. The predicted octanol–water partition coefficient (Wildman–Crippen LogP) is -0.616.